The Hall–Kier alpha value is -2.97. The minimum atomic E-state index is -0.185. The monoisotopic (exact) mass is 413 g/mol. The summed E-state index contributed by atoms with van der Waals surface area (Å²) in [5.74, 6) is 1.24. The quantitative estimate of drug-likeness (QED) is 0.530. The molecule has 0 unspecified atom stereocenters. The van der Waals surface area contributed by atoms with Gasteiger partial charge in [0, 0.05) is 18.2 Å². The third kappa shape index (κ3) is 5.10. The normalized spacial score (nSPS) is 10.6. The van der Waals surface area contributed by atoms with Crippen LogP contribution in [0.3, 0.4) is 0 Å². The second-order valence-electron chi connectivity index (χ2n) is 6.03. The fourth-order valence-corrected chi connectivity index (χ4v) is 3.55. The van der Waals surface area contributed by atoms with E-state index >= 15 is 0 Å². The van der Waals surface area contributed by atoms with E-state index in [1.807, 2.05) is 31.2 Å². The lowest BCUT2D eigenvalue weighted by atomic mass is 10.2. The molecule has 0 spiro atoms. The minimum absolute atomic E-state index is 0.185. The number of carbonyl (C=O) groups is 1. The maximum Gasteiger partial charge on any atom is 0.260 e. The number of amides is 1. The van der Waals surface area contributed by atoms with E-state index in [9.17, 15) is 4.79 Å². The Bertz CT molecular complexity index is 943. The third-order valence-corrected chi connectivity index (χ3v) is 5.13. The van der Waals surface area contributed by atoms with Gasteiger partial charge in [-0.3, -0.25) is 9.69 Å². The topological polar surface area (TPSA) is 73.8 Å². The van der Waals surface area contributed by atoms with Crippen molar-refractivity contribution in [1.82, 2.24) is 10.2 Å². The average molecular weight is 413 g/mol. The molecule has 2 aromatic carbocycles. The van der Waals surface area contributed by atoms with E-state index in [1.54, 1.807) is 43.4 Å². The Morgan fingerprint density at radius 1 is 1.07 bits per heavy atom. The molecule has 0 aliphatic heterocycles. The zero-order valence-corrected chi connectivity index (χ0v) is 17.4. The highest BCUT2D eigenvalue weighted by atomic mass is 32.1. The van der Waals surface area contributed by atoms with Gasteiger partial charge in [-0.05, 0) is 49.4 Å². The molecule has 8 heteroatoms. The Kier molecular flexibility index (Phi) is 7.15. The summed E-state index contributed by atoms with van der Waals surface area (Å²) >= 11 is 1.35. The van der Waals surface area contributed by atoms with E-state index in [2.05, 4.69) is 10.2 Å². The maximum absolute atomic E-state index is 13.1. The molecular formula is C21H23N3O4S. The molecule has 0 saturated heterocycles. The molecular weight excluding hydrogens is 390 g/mol. The Morgan fingerprint density at radius 3 is 2.55 bits per heavy atom. The van der Waals surface area contributed by atoms with Crippen LogP contribution in [-0.4, -0.2) is 50.1 Å². The molecule has 0 fully saturated rings. The first-order valence-electron chi connectivity index (χ1n) is 9.17. The zero-order chi connectivity index (χ0) is 20.6. The van der Waals surface area contributed by atoms with Crippen LogP contribution in [0.5, 0.6) is 11.5 Å². The lowest BCUT2D eigenvalue weighted by molar-refractivity contribution is 0.0975. The van der Waals surface area contributed by atoms with Gasteiger partial charge in [-0.15, -0.1) is 10.2 Å². The molecule has 0 aliphatic carbocycles. The summed E-state index contributed by atoms with van der Waals surface area (Å²) in [5, 5.41) is 9.76. The molecule has 0 radical (unpaired) electrons. The predicted octanol–water partition coefficient (Wildman–Crippen LogP) is 3.91. The van der Waals surface area contributed by atoms with Crippen molar-refractivity contribution in [3.63, 3.8) is 0 Å². The summed E-state index contributed by atoms with van der Waals surface area (Å²) < 4.78 is 15.9. The number of anilines is 1. The fourth-order valence-electron chi connectivity index (χ4n) is 2.68. The number of hydrogen-bond acceptors (Lipinski definition) is 7. The second-order valence-corrected chi connectivity index (χ2v) is 6.98. The van der Waals surface area contributed by atoms with Crippen molar-refractivity contribution in [1.29, 1.82) is 0 Å². The van der Waals surface area contributed by atoms with E-state index in [4.69, 9.17) is 14.2 Å². The maximum atomic E-state index is 13.1. The van der Waals surface area contributed by atoms with E-state index < -0.39 is 0 Å². The molecule has 3 rings (SSSR count). The summed E-state index contributed by atoms with van der Waals surface area (Å²) in [7, 11) is 3.17. The van der Waals surface area contributed by atoms with Gasteiger partial charge >= 0.3 is 0 Å². The highest BCUT2D eigenvalue weighted by Crippen LogP contribution is 2.30. The highest BCUT2D eigenvalue weighted by molar-refractivity contribution is 7.18. The van der Waals surface area contributed by atoms with Crippen LogP contribution in [0.4, 0.5) is 5.13 Å². The SMILES string of the molecule is CCOc1ccc(-c2nnc(N(CCOC)C(=O)c3cccc(OC)c3)s2)cc1. The average Bonchev–Trinajstić information content (AvgIpc) is 3.24. The minimum Gasteiger partial charge on any atom is -0.497 e. The number of methoxy groups -OCH3 is 2. The van der Waals surface area contributed by atoms with Crippen LogP contribution in [-0.2, 0) is 4.74 Å². The number of ether oxygens (including phenoxy) is 3. The van der Waals surface area contributed by atoms with Crippen LogP contribution < -0.4 is 14.4 Å². The number of carbonyl (C=O) groups excluding carboxylic acids is 1. The van der Waals surface area contributed by atoms with Crippen LogP contribution in [0.1, 0.15) is 17.3 Å². The number of benzene rings is 2. The first kappa shape index (κ1) is 20.8. The zero-order valence-electron chi connectivity index (χ0n) is 16.6. The first-order chi connectivity index (χ1) is 14.2. The van der Waals surface area contributed by atoms with Crippen LogP contribution in [0.2, 0.25) is 0 Å². The van der Waals surface area contributed by atoms with E-state index in [0.29, 0.717) is 36.2 Å². The lowest BCUT2D eigenvalue weighted by Gasteiger charge is -2.19. The number of aromatic nitrogens is 2. The molecule has 0 bridgehead atoms. The van der Waals surface area contributed by atoms with Crippen molar-refractivity contribution in [2.24, 2.45) is 0 Å². The van der Waals surface area contributed by atoms with Crippen LogP contribution in [0.15, 0.2) is 48.5 Å². The summed E-state index contributed by atoms with van der Waals surface area (Å²) in [6.07, 6.45) is 0. The number of hydrogen-bond donors (Lipinski definition) is 0. The Morgan fingerprint density at radius 2 is 1.86 bits per heavy atom. The molecule has 0 atom stereocenters. The van der Waals surface area contributed by atoms with Gasteiger partial charge in [-0.25, -0.2) is 0 Å². The van der Waals surface area contributed by atoms with Crippen LogP contribution in [0.25, 0.3) is 10.6 Å². The Balaban J connectivity index is 1.86. The highest BCUT2D eigenvalue weighted by Gasteiger charge is 2.22. The largest absolute Gasteiger partial charge is 0.497 e. The van der Waals surface area contributed by atoms with Gasteiger partial charge < -0.3 is 14.2 Å². The van der Waals surface area contributed by atoms with Gasteiger partial charge in [0.25, 0.3) is 5.91 Å². The summed E-state index contributed by atoms with van der Waals surface area (Å²) in [6, 6.07) is 14.7. The van der Waals surface area contributed by atoms with E-state index in [0.717, 1.165) is 16.3 Å². The molecule has 1 amide bonds. The molecule has 3 aromatic rings. The predicted molar refractivity (Wildman–Crippen MR) is 113 cm³/mol. The van der Waals surface area contributed by atoms with Gasteiger partial charge in [0.05, 0.1) is 26.9 Å². The van der Waals surface area contributed by atoms with Gasteiger partial charge in [0.1, 0.15) is 16.5 Å². The standard InChI is InChI=1S/C21H23N3O4S/c1-4-28-17-10-8-15(9-11-17)19-22-23-21(29-19)24(12-13-26-2)20(25)16-6-5-7-18(14-16)27-3/h5-11,14H,4,12-13H2,1-3H3. The van der Waals surface area contributed by atoms with Crippen LogP contribution in [0, 0.1) is 0 Å². The molecule has 1 aromatic heterocycles. The van der Waals surface area contributed by atoms with Crippen molar-refractivity contribution in [3.05, 3.63) is 54.1 Å². The molecule has 152 valence electrons. The summed E-state index contributed by atoms with van der Waals surface area (Å²) in [4.78, 5) is 14.7. The van der Waals surface area contributed by atoms with Gasteiger partial charge in [-0.2, -0.15) is 0 Å². The Labute approximate surface area is 173 Å². The van der Waals surface area contributed by atoms with Gasteiger partial charge in [-0.1, -0.05) is 17.4 Å². The van der Waals surface area contributed by atoms with Crippen molar-refractivity contribution in [3.8, 4) is 22.1 Å². The number of rotatable bonds is 9. The van der Waals surface area contributed by atoms with E-state index in [-0.39, 0.29) is 5.91 Å². The van der Waals surface area contributed by atoms with Crippen molar-refractivity contribution in [2.75, 3.05) is 38.9 Å². The summed E-state index contributed by atoms with van der Waals surface area (Å²) in [6.45, 7) is 3.31. The summed E-state index contributed by atoms with van der Waals surface area (Å²) in [5.41, 5.74) is 1.43. The van der Waals surface area contributed by atoms with E-state index in [1.165, 1.54) is 11.3 Å². The molecule has 0 aliphatic rings. The lowest BCUT2D eigenvalue weighted by Crippen LogP contribution is -2.33. The van der Waals surface area contributed by atoms with Gasteiger partial charge in [0.15, 0.2) is 0 Å². The van der Waals surface area contributed by atoms with Crippen molar-refractivity contribution >= 4 is 22.4 Å². The van der Waals surface area contributed by atoms with Crippen molar-refractivity contribution < 1.29 is 19.0 Å². The fraction of sp³-hybridized carbons (Fsp3) is 0.286. The molecule has 7 nitrogen and oxygen atoms in total. The van der Waals surface area contributed by atoms with Crippen LogP contribution >= 0.6 is 11.3 Å². The second kappa shape index (κ2) is 9.99. The van der Waals surface area contributed by atoms with Gasteiger partial charge in [0.2, 0.25) is 5.13 Å². The third-order valence-electron chi connectivity index (χ3n) is 4.14. The first-order valence-corrected chi connectivity index (χ1v) is 9.99. The molecule has 0 N–H and O–H groups in total. The van der Waals surface area contributed by atoms with Crippen molar-refractivity contribution in [2.45, 2.75) is 6.92 Å². The molecule has 0 saturated carbocycles. The molecule has 1 heterocycles. The number of nitrogens with zero attached hydrogens (tertiary/aromatic N) is 3. The smallest absolute Gasteiger partial charge is 0.260 e. The molecule has 29 heavy (non-hydrogen) atoms.